The van der Waals surface area contributed by atoms with E-state index in [0.29, 0.717) is 5.92 Å². The van der Waals surface area contributed by atoms with Crippen LogP contribution in [0.2, 0.25) is 0 Å². The molecule has 0 aliphatic heterocycles. The fourth-order valence-electron chi connectivity index (χ4n) is 3.10. The zero-order valence-electron chi connectivity index (χ0n) is 12.6. The number of hydrogen-bond donors (Lipinski definition) is 1. The molecule has 1 fully saturated rings. The van der Waals surface area contributed by atoms with E-state index in [2.05, 4.69) is 15.0 Å². The minimum absolute atomic E-state index is 0.250. The van der Waals surface area contributed by atoms with Gasteiger partial charge >= 0.3 is 5.97 Å². The van der Waals surface area contributed by atoms with Gasteiger partial charge in [0.2, 0.25) is 0 Å². The molecule has 0 bridgehead atoms. The van der Waals surface area contributed by atoms with Crippen molar-refractivity contribution in [2.24, 2.45) is 13.0 Å². The molecule has 6 heteroatoms. The second-order valence-electron chi connectivity index (χ2n) is 5.91. The molecular weight excluding hydrogens is 268 g/mol. The Morgan fingerprint density at radius 1 is 1.52 bits per heavy atom. The molecule has 1 N–H and O–H groups in total. The lowest BCUT2D eigenvalue weighted by Crippen LogP contribution is -2.30. The monoisotopic (exact) mass is 288 g/mol. The van der Waals surface area contributed by atoms with Crippen LogP contribution in [-0.4, -0.2) is 39.4 Å². The Morgan fingerprint density at radius 3 is 2.81 bits per heavy atom. The number of aromatic carboxylic acids is 1. The number of carboxylic acids is 1. The maximum Gasteiger partial charge on any atom is 0.339 e. The number of hydrogen-bond acceptors (Lipinski definition) is 4. The van der Waals surface area contributed by atoms with E-state index in [0.717, 1.165) is 29.0 Å². The van der Waals surface area contributed by atoms with Gasteiger partial charge < -0.3 is 10.0 Å². The summed E-state index contributed by atoms with van der Waals surface area (Å²) in [6, 6.07) is 0. The van der Waals surface area contributed by atoms with Gasteiger partial charge in [-0.05, 0) is 25.7 Å². The number of carboxylic acid groups (broad SMARTS) is 1. The minimum atomic E-state index is -0.942. The molecule has 1 aliphatic carbocycles. The second-order valence-corrected chi connectivity index (χ2v) is 5.91. The number of carbonyl (C=O) groups is 1. The topological polar surface area (TPSA) is 71.2 Å². The quantitative estimate of drug-likeness (QED) is 0.934. The molecule has 0 radical (unpaired) electrons. The number of rotatable bonds is 4. The normalized spacial score (nSPS) is 15.2. The number of aryl methyl sites for hydroxylation is 2. The van der Waals surface area contributed by atoms with Crippen LogP contribution in [0, 0.1) is 12.8 Å². The summed E-state index contributed by atoms with van der Waals surface area (Å²) in [7, 11) is 3.80. The predicted octanol–water partition coefficient (Wildman–Crippen LogP) is 2.21. The summed E-state index contributed by atoms with van der Waals surface area (Å²) >= 11 is 0. The molecule has 3 rings (SSSR count). The van der Waals surface area contributed by atoms with Crippen molar-refractivity contribution in [2.45, 2.75) is 26.2 Å². The third-order valence-corrected chi connectivity index (χ3v) is 4.37. The summed E-state index contributed by atoms with van der Waals surface area (Å²) in [5.41, 5.74) is 2.54. The molecule has 0 unspecified atom stereocenters. The highest BCUT2D eigenvalue weighted by Gasteiger charge is 2.25. The fourth-order valence-corrected chi connectivity index (χ4v) is 3.10. The summed E-state index contributed by atoms with van der Waals surface area (Å²) < 4.78 is 1.71. The molecule has 0 spiro atoms. The lowest BCUT2D eigenvalue weighted by atomic mass is 9.85. The minimum Gasteiger partial charge on any atom is -0.478 e. The first-order valence-electron chi connectivity index (χ1n) is 7.25. The third kappa shape index (κ3) is 2.24. The van der Waals surface area contributed by atoms with Crippen LogP contribution in [0.4, 0.5) is 5.69 Å². The smallest absolute Gasteiger partial charge is 0.339 e. The predicted molar refractivity (Wildman–Crippen MR) is 80.8 cm³/mol. The number of nitrogens with zero attached hydrogens (tertiary/aromatic N) is 4. The highest BCUT2D eigenvalue weighted by Crippen LogP contribution is 2.34. The van der Waals surface area contributed by atoms with Crippen molar-refractivity contribution < 1.29 is 9.90 Å². The van der Waals surface area contributed by atoms with Gasteiger partial charge in [0.05, 0.1) is 16.8 Å². The summed E-state index contributed by atoms with van der Waals surface area (Å²) in [6.07, 6.45) is 5.18. The molecule has 2 aromatic rings. The molecule has 6 nitrogen and oxygen atoms in total. The Bertz CT molecular complexity index is 703. The van der Waals surface area contributed by atoms with E-state index < -0.39 is 5.97 Å². The van der Waals surface area contributed by atoms with Crippen LogP contribution in [0.5, 0.6) is 0 Å². The van der Waals surface area contributed by atoms with Gasteiger partial charge in [-0.2, -0.15) is 5.10 Å². The van der Waals surface area contributed by atoms with E-state index in [4.69, 9.17) is 0 Å². The second kappa shape index (κ2) is 5.02. The summed E-state index contributed by atoms with van der Waals surface area (Å²) in [5, 5.41) is 14.7. The summed E-state index contributed by atoms with van der Waals surface area (Å²) in [5.74, 6) is -0.278. The van der Waals surface area contributed by atoms with Gasteiger partial charge in [0, 0.05) is 26.8 Å². The largest absolute Gasteiger partial charge is 0.478 e. The van der Waals surface area contributed by atoms with Crippen LogP contribution < -0.4 is 4.90 Å². The first-order chi connectivity index (χ1) is 9.99. The standard InChI is InChI=1S/C15H20N4O2/c1-9-12-13(18(2)8-10-5-4-6-10)11(15(20)21)7-16-14(12)19(3)17-9/h7,10H,4-6,8H2,1-3H3,(H,20,21). The average Bonchev–Trinajstić information content (AvgIpc) is 2.68. The van der Waals surface area contributed by atoms with Crippen molar-refractivity contribution in [1.29, 1.82) is 0 Å². The maximum absolute atomic E-state index is 11.6. The van der Waals surface area contributed by atoms with E-state index in [1.165, 1.54) is 25.5 Å². The van der Waals surface area contributed by atoms with E-state index in [-0.39, 0.29) is 5.56 Å². The van der Waals surface area contributed by atoms with Crippen LogP contribution in [0.3, 0.4) is 0 Å². The van der Waals surface area contributed by atoms with Crippen molar-refractivity contribution >= 4 is 22.7 Å². The van der Waals surface area contributed by atoms with Gasteiger partial charge in [-0.15, -0.1) is 0 Å². The molecule has 2 heterocycles. The maximum atomic E-state index is 11.6. The van der Waals surface area contributed by atoms with Gasteiger partial charge in [0.1, 0.15) is 5.56 Å². The lowest BCUT2D eigenvalue weighted by molar-refractivity contribution is 0.0697. The van der Waals surface area contributed by atoms with Crippen molar-refractivity contribution in [2.75, 3.05) is 18.5 Å². The Labute approximate surface area is 123 Å². The van der Waals surface area contributed by atoms with E-state index in [1.807, 2.05) is 21.0 Å². The third-order valence-electron chi connectivity index (χ3n) is 4.37. The zero-order chi connectivity index (χ0) is 15.1. The van der Waals surface area contributed by atoms with Crippen LogP contribution in [-0.2, 0) is 7.05 Å². The molecule has 0 saturated heterocycles. The Kier molecular flexibility index (Phi) is 3.31. The summed E-state index contributed by atoms with van der Waals surface area (Å²) in [6.45, 7) is 2.78. The molecule has 0 aromatic carbocycles. The van der Waals surface area contributed by atoms with Gasteiger partial charge in [-0.3, -0.25) is 4.68 Å². The fraction of sp³-hybridized carbons (Fsp3) is 0.533. The van der Waals surface area contributed by atoms with Gasteiger partial charge in [0.25, 0.3) is 0 Å². The molecule has 1 saturated carbocycles. The number of anilines is 1. The Morgan fingerprint density at radius 2 is 2.24 bits per heavy atom. The summed E-state index contributed by atoms with van der Waals surface area (Å²) in [4.78, 5) is 17.9. The van der Waals surface area contributed by atoms with E-state index in [9.17, 15) is 9.90 Å². The molecule has 0 atom stereocenters. The lowest BCUT2D eigenvalue weighted by Gasteiger charge is -2.32. The molecule has 21 heavy (non-hydrogen) atoms. The van der Waals surface area contributed by atoms with Gasteiger partial charge in [-0.25, -0.2) is 9.78 Å². The Balaban J connectivity index is 2.15. The van der Waals surface area contributed by atoms with Gasteiger partial charge in [-0.1, -0.05) is 6.42 Å². The first-order valence-corrected chi connectivity index (χ1v) is 7.25. The van der Waals surface area contributed by atoms with Crippen molar-refractivity contribution in [3.63, 3.8) is 0 Å². The zero-order valence-corrected chi connectivity index (χ0v) is 12.6. The number of pyridine rings is 1. The average molecular weight is 288 g/mol. The number of fused-ring (bicyclic) bond motifs is 1. The molecule has 2 aromatic heterocycles. The SMILES string of the molecule is Cc1nn(C)c2ncc(C(=O)O)c(N(C)CC3CCC3)c12. The van der Waals surface area contributed by atoms with E-state index >= 15 is 0 Å². The Hall–Kier alpha value is -2.11. The molecular formula is C15H20N4O2. The van der Waals surface area contributed by atoms with E-state index in [1.54, 1.807) is 4.68 Å². The highest BCUT2D eigenvalue weighted by molar-refractivity contribution is 6.04. The number of aromatic nitrogens is 3. The van der Waals surface area contributed by atoms with Gasteiger partial charge in [0.15, 0.2) is 5.65 Å². The van der Waals surface area contributed by atoms with Crippen LogP contribution >= 0.6 is 0 Å². The van der Waals surface area contributed by atoms with Crippen molar-refractivity contribution in [3.05, 3.63) is 17.5 Å². The highest BCUT2D eigenvalue weighted by atomic mass is 16.4. The van der Waals surface area contributed by atoms with Crippen molar-refractivity contribution in [1.82, 2.24) is 14.8 Å². The van der Waals surface area contributed by atoms with Crippen molar-refractivity contribution in [3.8, 4) is 0 Å². The molecule has 1 aliphatic rings. The molecule has 112 valence electrons. The van der Waals surface area contributed by atoms with Crippen LogP contribution in [0.25, 0.3) is 11.0 Å². The molecule has 0 amide bonds. The van der Waals surface area contributed by atoms with Crippen LogP contribution in [0.15, 0.2) is 6.20 Å². The van der Waals surface area contributed by atoms with Crippen LogP contribution in [0.1, 0.15) is 35.3 Å². The first kappa shape index (κ1) is 13.9.